The third-order valence-electron chi connectivity index (χ3n) is 4.05. The zero-order valence-corrected chi connectivity index (χ0v) is 11.9. The number of benzene rings is 1. The summed E-state index contributed by atoms with van der Waals surface area (Å²) < 4.78 is 5.38. The number of nitrogens with zero attached hydrogens (tertiary/aromatic N) is 1. The van der Waals surface area contributed by atoms with Gasteiger partial charge in [-0.05, 0) is 19.1 Å². The molecule has 2 unspecified atom stereocenters. The first-order valence-electron chi connectivity index (χ1n) is 7.11. The van der Waals surface area contributed by atoms with Crippen LogP contribution in [0.3, 0.4) is 0 Å². The third-order valence-corrected chi connectivity index (χ3v) is 4.05. The Kier molecular flexibility index (Phi) is 3.75. The van der Waals surface area contributed by atoms with Crippen molar-refractivity contribution in [3.63, 3.8) is 0 Å². The SMILES string of the molecule is CC1OCCC1(O)CNCc1nc2ccccc2c(=O)[nH]1. The van der Waals surface area contributed by atoms with Crippen LogP contribution in [0.2, 0.25) is 0 Å². The summed E-state index contributed by atoms with van der Waals surface area (Å²) >= 11 is 0. The van der Waals surface area contributed by atoms with Crippen molar-refractivity contribution in [1.82, 2.24) is 15.3 Å². The fraction of sp³-hybridized carbons (Fsp3) is 0.467. The number of hydrogen-bond donors (Lipinski definition) is 3. The molecule has 2 heterocycles. The average Bonchev–Trinajstić information content (AvgIpc) is 2.79. The predicted molar refractivity (Wildman–Crippen MR) is 79.1 cm³/mol. The highest BCUT2D eigenvalue weighted by Crippen LogP contribution is 2.24. The molecule has 0 saturated carbocycles. The monoisotopic (exact) mass is 289 g/mol. The fourth-order valence-corrected chi connectivity index (χ4v) is 2.62. The molecule has 1 aliphatic rings. The van der Waals surface area contributed by atoms with Crippen LogP contribution in [0, 0.1) is 0 Å². The number of hydrogen-bond acceptors (Lipinski definition) is 5. The van der Waals surface area contributed by atoms with E-state index in [1.54, 1.807) is 6.07 Å². The van der Waals surface area contributed by atoms with Gasteiger partial charge in [-0.25, -0.2) is 4.98 Å². The van der Waals surface area contributed by atoms with Crippen molar-refractivity contribution in [2.75, 3.05) is 13.2 Å². The van der Waals surface area contributed by atoms with Gasteiger partial charge < -0.3 is 20.1 Å². The zero-order chi connectivity index (χ0) is 14.9. The van der Waals surface area contributed by atoms with Crippen LogP contribution >= 0.6 is 0 Å². The van der Waals surface area contributed by atoms with E-state index in [2.05, 4.69) is 15.3 Å². The van der Waals surface area contributed by atoms with Crippen molar-refractivity contribution in [3.05, 3.63) is 40.4 Å². The fourth-order valence-electron chi connectivity index (χ4n) is 2.62. The molecule has 1 aromatic heterocycles. The molecule has 21 heavy (non-hydrogen) atoms. The van der Waals surface area contributed by atoms with E-state index >= 15 is 0 Å². The summed E-state index contributed by atoms with van der Waals surface area (Å²) in [5.41, 5.74) is -0.319. The van der Waals surface area contributed by atoms with E-state index in [0.29, 0.717) is 42.8 Å². The minimum atomic E-state index is -0.850. The summed E-state index contributed by atoms with van der Waals surface area (Å²) in [5, 5.41) is 14.1. The van der Waals surface area contributed by atoms with Crippen molar-refractivity contribution in [1.29, 1.82) is 0 Å². The number of fused-ring (bicyclic) bond motifs is 1. The molecule has 0 bridgehead atoms. The quantitative estimate of drug-likeness (QED) is 0.765. The largest absolute Gasteiger partial charge is 0.386 e. The summed E-state index contributed by atoms with van der Waals surface area (Å²) in [6.45, 7) is 3.25. The van der Waals surface area contributed by atoms with Gasteiger partial charge in [0.1, 0.15) is 11.4 Å². The smallest absolute Gasteiger partial charge is 0.258 e. The van der Waals surface area contributed by atoms with E-state index in [-0.39, 0.29) is 11.7 Å². The Morgan fingerprint density at radius 2 is 2.33 bits per heavy atom. The van der Waals surface area contributed by atoms with Gasteiger partial charge >= 0.3 is 0 Å². The Labute approximate surface area is 122 Å². The summed E-state index contributed by atoms with van der Waals surface area (Å²) in [5.74, 6) is 0.564. The summed E-state index contributed by atoms with van der Waals surface area (Å²) in [6.07, 6.45) is 0.427. The second-order valence-corrected chi connectivity index (χ2v) is 5.50. The molecular weight excluding hydrogens is 270 g/mol. The van der Waals surface area contributed by atoms with Gasteiger partial charge in [0.25, 0.3) is 5.56 Å². The molecule has 112 valence electrons. The standard InChI is InChI=1S/C15H19N3O3/c1-10-15(20,6-7-21-10)9-16-8-13-17-12-5-3-2-4-11(12)14(19)18-13/h2-5,10,16,20H,6-9H2,1H3,(H,17,18,19). The van der Waals surface area contributed by atoms with Crippen molar-refractivity contribution in [2.24, 2.45) is 0 Å². The second-order valence-electron chi connectivity index (χ2n) is 5.50. The summed E-state index contributed by atoms with van der Waals surface area (Å²) in [4.78, 5) is 19.1. The van der Waals surface area contributed by atoms with E-state index in [4.69, 9.17) is 4.74 Å². The van der Waals surface area contributed by atoms with E-state index in [0.717, 1.165) is 0 Å². The van der Waals surface area contributed by atoms with E-state index < -0.39 is 5.60 Å². The lowest BCUT2D eigenvalue weighted by Crippen LogP contribution is -2.45. The summed E-state index contributed by atoms with van der Waals surface area (Å²) in [7, 11) is 0. The molecule has 2 atom stereocenters. The third kappa shape index (κ3) is 2.83. The number of aromatic nitrogens is 2. The summed E-state index contributed by atoms with van der Waals surface area (Å²) in [6, 6.07) is 7.23. The van der Waals surface area contributed by atoms with E-state index in [1.807, 2.05) is 25.1 Å². The molecule has 0 radical (unpaired) electrons. The number of ether oxygens (including phenoxy) is 1. The number of rotatable bonds is 4. The number of nitrogens with one attached hydrogen (secondary N) is 2. The molecule has 1 aromatic carbocycles. The molecular formula is C15H19N3O3. The van der Waals surface area contributed by atoms with Crippen LogP contribution in [0.4, 0.5) is 0 Å². The van der Waals surface area contributed by atoms with Crippen molar-refractivity contribution >= 4 is 10.9 Å². The first kappa shape index (κ1) is 14.2. The molecule has 2 aromatic rings. The Balaban J connectivity index is 1.70. The van der Waals surface area contributed by atoms with Crippen LogP contribution in [0.25, 0.3) is 10.9 Å². The first-order valence-corrected chi connectivity index (χ1v) is 7.11. The normalized spacial score (nSPS) is 25.5. The highest BCUT2D eigenvalue weighted by molar-refractivity contribution is 5.77. The Morgan fingerprint density at radius 1 is 1.52 bits per heavy atom. The minimum Gasteiger partial charge on any atom is -0.386 e. The molecule has 1 aliphatic heterocycles. The van der Waals surface area contributed by atoms with Crippen LogP contribution in [0.15, 0.2) is 29.1 Å². The topological polar surface area (TPSA) is 87.2 Å². The molecule has 1 fully saturated rings. The van der Waals surface area contributed by atoms with Crippen molar-refractivity contribution in [3.8, 4) is 0 Å². The van der Waals surface area contributed by atoms with Gasteiger partial charge in [0.05, 0.1) is 23.6 Å². The van der Waals surface area contributed by atoms with Crippen LogP contribution < -0.4 is 10.9 Å². The number of H-pyrrole nitrogens is 1. The molecule has 1 saturated heterocycles. The highest BCUT2D eigenvalue weighted by atomic mass is 16.5. The van der Waals surface area contributed by atoms with Crippen LogP contribution in [-0.2, 0) is 11.3 Å². The highest BCUT2D eigenvalue weighted by Gasteiger charge is 2.38. The molecule has 0 aliphatic carbocycles. The molecule has 3 rings (SSSR count). The van der Waals surface area contributed by atoms with Gasteiger partial charge in [0, 0.05) is 19.6 Å². The number of aromatic amines is 1. The maximum absolute atomic E-state index is 11.9. The maximum atomic E-state index is 11.9. The van der Waals surface area contributed by atoms with Crippen LogP contribution in [-0.4, -0.2) is 39.9 Å². The first-order chi connectivity index (χ1) is 10.1. The molecule has 3 N–H and O–H groups in total. The lowest BCUT2D eigenvalue weighted by molar-refractivity contribution is -0.0263. The number of para-hydroxylation sites is 1. The van der Waals surface area contributed by atoms with Gasteiger partial charge in [0.15, 0.2) is 0 Å². The van der Waals surface area contributed by atoms with Gasteiger partial charge in [-0.2, -0.15) is 0 Å². The Hall–Kier alpha value is -1.76. The van der Waals surface area contributed by atoms with Gasteiger partial charge in [-0.15, -0.1) is 0 Å². The van der Waals surface area contributed by atoms with E-state index in [9.17, 15) is 9.90 Å². The van der Waals surface area contributed by atoms with Gasteiger partial charge in [-0.3, -0.25) is 4.79 Å². The zero-order valence-electron chi connectivity index (χ0n) is 11.9. The molecule has 6 heteroatoms. The van der Waals surface area contributed by atoms with Crippen molar-refractivity contribution in [2.45, 2.75) is 31.6 Å². The van der Waals surface area contributed by atoms with Crippen LogP contribution in [0.5, 0.6) is 0 Å². The minimum absolute atomic E-state index is 0.145. The van der Waals surface area contributed by atoms with Gasteiger partial charge in [0.2, 0.25) is 0 Å². The Bertz CT molecular complexity index is 700. The van der Waals surface area contributed by atoms with E-state index in [1.165, 1.54) is 0 Å². The molecule has 6 nitrogen and oxygen atoms in total. The molecule has 0 spiro atoms. The van der Waals surface area contributed by atoms with Crippen LogP contribution in [0.1, 0.15) is 19.2 Å². The lowest BCUT2D eigenvalue weighted by Gasteiger charge is -2.26. The second kappa shape index (κ2) is 5.55. The predicted octanol–water partition coefficient (Wildman–Crippen LogP) is 0.553. The lowest BCUT2D eigenvalue weighted by atomic mass is 9.97. The molecule has 0 amide bonds. The maximum Gasteiger partial charge on any atom is 0.258 e. The Morgan fingerprint density at radius 3 is 3.10 bits per heavy atom. The average molecular weight is 289 g/mol. The van der Waals surface area contributed by atoms with Gasteiger partial charge in [-0.1, -0.05) is 12.1 Å². The number of aliphatic hydroxyl groups is 1. The van der Waals surface area contributed by atoms with Crippen molar-refractivity contribution < 1.29 is 9.84 Å².